The fraction of sp³-hybridized carbons (Fsp3) is 0.0149. The molecule has 0 saturated carbocycles. The Morgan fingerprint density at radius 3 is 1.49 bits per heavy atom. The number of hydrogen-bond donors (Lipinski definition) is 0. The first-order chi connectivity index (χ1) is 34.2. The standard InChI is InChI=1S/C67H46N2/c1-5-19-47(20-6-1)48-35-38-56(39-36-48)68(58-40-42-60-59-31-13-15-33-63(59)67(64(60)46-58,53-24-7-2-8-25-53)54-26-9-3-10-27-54)57-30-18-23-51(44-57)49-21-17-22-50(43-49)52-37-41-62-61-32-14-16-34-65(61)69(66(62)45-52)55-28-11-4-12-29-55/h1-46H. The van der Waals surface area contributed by atoms with Crippen molar-refractivity contribution in [2.45, 2.75) is 5.41 Å². The van der Waals surface area contributed by atoms with Gasteiger partial charge in [-0.3, -0.25) is 0 Å². The highest BCUT2D eigenvalue weighted by molar-refractivity contribution is 6.10. The van der Waals surface area contributed by atoms with Gasteiger partial charge >= 0.3 is 0 Å². The lowest BCUT2D eigenvalue weighted by Gasteiger charge is -2.35. The van der Waals surface area contributed by atoms with Crippen molar-refractivity contribution in [3.05, 3.63) is 301 Å². The topological polar surface area (TPSA) is 8.17 Å². The van der Waals surface area contributed by atoms with Gasteiger partial charge in [0.2, 0.25) is 0 Å². The summed E-state index contributed by atoms with van der Waals surface area (Å²) >= 11 is 0. The van der Waals surface area contributed by atoms with Crippen molar-refractivity contribution < 1.29 is 0 Å². The van der Waals surface area contributed by atoms with Crippen molar-refractivity contribution in [3.63, 3.8) is 0 Å². The van der Waals surface area contributed by atoms with Gasteiger partial charge in [-0.05, 0) is 133 Å². The summed E-state index contributed by atoms with van der Waals surface area (Å²) in [6, 6.07) is 102. The van der Waals surface area contributed by atoms with Gasteiger partial charge in [0.1, 0.15) is 0 Å². The first kappa shape index (κ1) is 40.3. The molecule has 0 amide bonds. The molecular formula is C67H46N2. The van der Waals surface area contributed by atoms with Crippen LogP contribution in [0.2, 0.25) is 0 Å². The molecule has 0 unspecified atom stereocenters. The molecule has 0 saturated heterocycles. The van der Waals surface area contributed by atoms with Crippen molar-refractivity contribution >= 4 is 38.9 Å². The van der Waals surface area contributed by atoms with E-state index in [2.05, 4.69) is 289 Å². The Morgan fingerprint density at radius 1 is 0.275 bits per heavy atom. The number of para-hydroxylation sites is 2. The monoisotopic (exact) mass is 878 g/mol. The van der Waals surface area contributed by atoms with Crippen LogP contribution in [0, 0.1) is 0 Å². The van der Waals surface area contributed by atoms with Crippen LogP contribution in [0.5, 0.6) is 0 Å². The smallest absolute Gasteiger partial charge is 0.0714 e. The predicted octanol–water partition coefficient (Wildman–Crippen LogP) is 17.6. The molecule has 12 aromatic rings. The summed E-state index contributed by atoms with van der Waals surface area (Å²) in [4.78, 5) is 2.43. The van der Waals surface area contributed by atoms with Gasteiger partial charge < -0.3 is 9.47 Å². The van der Waals surface area contributed by atoms with Crippen LogP contribution in [0.25, 0.3) is 72.0 Å². The zero-order chi connectivity index (χ0) is 45.7. The molecule has 0 bridgehead atoms. The van der Waals surface area contributed by atoms with Crippen LogP contribution in [-0.4, -0.2) is 4.57 Å². The van der Waals surface area contributed by atoms with E-state index in [-0.39, 0.29) is 0 Å². The third-order valence-corrected chi connectivity index (χ3v) is 14.3. The van der Waals surface area contributed by atoms with Gasteiger partial charge in [-0.25, -0.2) is 0 Å². The normalized spacial score (nSPS) is 12.5. The Kier molecular flexibility index (Phi) is 9.77. The van der Waals surface area contributed by atoms with Gasteiger partial charge in [-0.15, -0.1) is 0 Å². The minimum absolute atomic E-state index is 0.520. The van der Waals surface area contributed by atoms with Crippen LogP contribution in [0.1, 0.15) is 22.3 Å². The van der Waals surface area contributed by atoms with Crippen molar-refractivity contribution in [3.8, 4) is 50.2 Å². The number of benzene rings is 11. The first-order valence-electron chi connectivity index (χ1n) is 23.8. The number of fused-ring (bicyclic) bond motifs is 6. The zero-order valence-electron chi connectivity index (χ0n) is 38.0. The summed E-state index contributed by atoms with van der Waals surface area (Å²) < 4.78 is 2.39. The van der Waals surface area contributed by atoms with Crippen molar-refractivity contribution in [1.82, 2.24) is 4.57 Å². The van der Waals surface area contributed by atoms with Gasteiger partial charge in [0, 0.05) is 33.5 Å². The van der Waals surface area contributed by atoms with Crippen molar-refractivity contribution in [1.29, 1.82) is 0 Å². The lowest BCUT2D eigenvalue weighted by molar-refractivity contribution is 0.768. The summed E-state index contributed by atoms with van der Waals surface area (Å²) in [6.45, 7) is 0. The molecule has 324 valence electrons. The lowest BCUT2D eigenvalue weighted by atomic mass is 9.67. The van der Waals surface area contributed by atoms with Gasteiger partial charge in [-0.2, -0.15) is 0 Å². The van der Waals surface area contributed by atoms with Gasteiger partial charge in [0.25, 0.3) is 0 Å². The van der Waals surface area contributed by atoms with E-state index in [1.165, 1.54) is 77.4 Å². The quantitative estimate of drug-likeness (QED) is 0.140. The Morgan fingerprint density at radius 2 is 0.768 bits per heavy atom. The van der Waals surface area contributed by atoms with Crippen LogP contribution in [0.4, 0.5) is 17.1 Å². The van der Waals surface area contributed by atoms with E-state index in [0.29, 0.717) is 0 Å². The van der Waals surface area contributed by atoms with E-state index >= 15 is 0 Å². The van der Waals surface area contributed by atoms with Crippen LogP contribution in [0.3, 0.4) is 0 Å². The molecule has 2 heteroatoms. The molecule has 13 rings (SSSR count). The highest BCUT2D eigenvalue weighted by Crippen LogP contribution is 2.57. The maximum atomic E-state index is 2.46. The molecule has 2 nitrogen and oxygen atoms in total. The number of rotatable bonds is 9. The predicted molar refractivity (Wildman–Crippen MR) is 289 cm³/mol. The molecule has 0 atom stereocenters. The molecule has 0 aliphatic heterocycles. The summed E-state index contributed by atoms with van der Waals surface area (Å²) in [5.41, 5.74) is 21.0. The number of hydrogen-bond acceptors (Lipinski definition) is 1. The second-order valence-corrected chi connectivity index (χ2v) is 18.1. The fourth-order valence-electron chi connectivity index (χ4n) is 11.2. The second kappa shape index (κ2) is 16.7. The number of nitrogens with zero attached hydrogens (tertiary/aromatic N) is 2. The molecule has 69 heavy (non-hydrogen) atoms. The molecule has 0 radical (unpaired) electrons. The van der Waals surface area contributed by atoms with Crippen LogP contribution in [0.15, 0.2) is 279 Å². The summed E-state index contributed by atoms with van der Waals surface area (Å²) in [6.07, 6.45) is 0. The number of aromatic nitrogens is 1. The molecule has 0 fully saturated rings. The SMILES string of the molecule is c1ccc(-c2ccc(N(c3cccc(-c4cccc(-c5ccc6c7ccccc7n(-c7ccccc7)c6c5)c4)c3)c3ccc4c(c3)C(c3ccccc3)(c3ccccc3)c3ccccc3-4)cc2)cc1. The van der Waals surface area contributed by atoms with Crippen LogP contribution < -0.4 is 4.90 Å². The molecule has 1 aromatic heterocycles. The maximum Gasteiger partial charge on any atom is 0.0714 e. The molecular weight excluding hydrogens is 833 g/mol. The number of anilines is 3. The summed E-state index contributed by atoms with van der Waals surface area (Å²) in [5.74, 6) is 0. The van der Waals surface area contributed by atoms with E-state index in [0.717, 1.165) is 33.9 Å². The molecule has 1 aliphatic carbocycles. The van der Waals surface area contributed by atoms with E-state index in [9.17, 15) is 0 Å². The minimum Gasteiger partial charge on any atom is -0.310 e. The minimum atomic E-state index is -0.520. The Labute approximate surface area is 403 Å². The highest BCUT2D eigenvalue weighted by Gasteiger charge is 2.46. The molecule has 0 spiro atoms. The molecule has 1 aliphatic rings. The van der Waals surface area contributed by atoms with Crippen LogP contribution in [-0.2, 0) is 5.41 Å². The van der Waals surface area contributed by atoms with Crippen molar-refractivity contribution in [2.24, 2.45) is 0 Å². The third-order valence-electron chi connectivity index (χ3n) is 14.3. The largest absolute Gasteiger partial charge is 0.310 e. The average Bonchev–Trinajstić information content (AvgIpc) is 3.92. The fourth-order valence-corrected chi connectivity index (χ4v) is 11.2. The molecule has 11 aromatic carbocycles. The van der Waals surface area contributed by atoms with E-state index in [1.807, 2.05) is 0 Å². The van der Waals surface area contributed by atoms with Crippen LogP contribution >= 0.6 is 0 Å². The Bertz CT molecular complexity index is 3780. The lowest BCUT2D eigenvalue weighted by Crippen LogP contribution is -2.28. The summed E-state index contributed by atoms with van der Waals surface area (Å²) in [7, 11) is 0. The molecule has 1 heterocycles. The third kappa shape index (κ3) is 6.72. The summed E-state index contributed by atoms with van der Waals surface area (Å²) in [5, 5.41) is 2.51. The zero-order valence-corrected chi connectivity index (χ0v) is 38.0. The van der Waals surface area contributed by atoms with E-state index in [1.54, 1.807) is 0 Å². The highest BCUT2D eigenvalue weighted by atomic mass is 15.1. The van der Waals surface area contributed by atoms with Gasteiger partial charge in [0.05, 0.1) is 16.4 Å². The Balaban J connectivity index is 0.959. The van der Waals surface area contributed by atoms with E-state index < -0.39 is 5.41 Å². The van der Waals surface area contributed by atoms with Gasteiger partial charge in [0.15, 0.2) is 0 Å². The average molecular weight is 879 g/mol. The van der Waals surface area contributed by atoms with Gasteiger partial charge in [-0.1, -0.05) is 212 Å². The van der Waals surface area contributed by atoms with Crippen molar-refractivity contribution in [2.75, 3.05) is 4.90 Å². The molecule has 0 N–H and O–H groups in total. The maximum absolute atomic E-state index is 2.46. The second-order valence-electron chi connectivity index (χ2n) is 18.1. The van der Waals surface area contributed by atoms with E-state index in [4.69, 9.17) is 0 Å². The Hall–Kier alpha value is -8.98. The first-order valence-corrected chi connectivity index (χ1v) is 23.8.